The highest BCUT2D eigenvalue weighted by Crippen LogP contribution is 2.45. The minimum atomic E-state index is -0.912. The van der Waals surface area contributed by atoms with Crippen molar-refractivity contribution in [3.05, 3.63) is 71.7 Å². The molecule has 0 aromatic heterocycles. The van der Waals surface area contributed by atoms with Crippen LogP contribution in [0.5, 0.6) is 0 Å². The van der Waals surface area contributed by atoms with Crippen LogP contribution >= 0.6 is 0 Å². The van der Waals surface area contributed by atoms with E-state index in [0.29, 0.717) is 4.90 Å². The zero-order valence-corrected chi connectivity index (χ0v) is 15.5. The van der Waals surface area contributed by atoms with Crippen LogP contribution in [0, 0.1) is 17.7 Å². The van der Waals surface area contributed by atoms with E-state index >= 15 is 0 Å². The number of nitrogens with zero attached hydrogens (tertiary/aromatic N) is 1. The number of anilines is 1. The summed E-state index contributed by atoms with van der Waals surface area (Å²) in [7, 11) is 1.27. The van der Waals surface area contributed by atoms with Crippen LogP contribution in [0.4, 0.5) is 10.1 Å². The summed E-state index contributed by atoms with van der Waals surface area (Å²) in [4.78, 5) is 41.0. The molecular formula is C22H18FN2O4+. The van der Waals surface area contributed by atoms with E-state index < -0.39 is 47.5 Å². The number of rotatable bonds is 2. The van der Waals surface area contributed by atoms with Gasteiger partial charge >= 0.3 is 5.97 Å². The van der Waals surface area contributed by atoms with Gasteiger partial charge in [0.1, 0.15) is 23.7 Å². The molecule has 0 radical (unpaired) electrons. The van der Waals surface area contributed by atoms with E-state index in [1.54, 1.807) is 6.07 Å². The summed E-state index contributed by atoms with van der Waals surface area (Å²) in [6, 6.07) is 12.0. The summed E-state index contributed by atoms with van der Waals surface area (Å²) in [5, 5.41) is 0. The second kappa shape index (κ2) is 6.35. The topological polar surface area (TPSA) is 68.1 Å². The summed E-state index contributed by atoms with van der Waals surface area (Å²) in [6.07, 6.45) is 3.71. The van der Waals surface area contributed by atoms with Crippen LogP contribution in [-0.2, 0) is 19.1 Å². The number of hydrogen-bond donors (Lipinski definition) is 1. The molecule has 2 fully saturated rings. The smallest absolute Gasteiger partial charge is 0.365 e. The molecule has 0 saturated carbocycles. The first-order valence-corrected chi connectivity index (χ1v) is 9.38. The molecule has 2 aromatic rings. The maximum Gasteiger partial charge on any atom is 0.365 e. The number of quaternary nitrogens is 1. The molecule has 6 nitrogen and oxygen atoms in total. The Balaban J connectivity index is 1.67. The summed E-state index contributed by atoms with van der Waals surface area (Å²) >= 11 is 0. The molecule has 5 atom stereocenters. The number of hydrogen-bond acceptors (Lipinski definition) is 4. The Kier molecular flexibility index (Phi) is 3.89. The quantitative estimate of drug-likeness (QED) is 0.613. The van der Waals surface area contributed by atoms with Crippen LogP contribution in [0.2, 0.25) is 0 Å². The van der Waals surface area contributed by atoms with Crippen molar-refractivity contribution in [2.24, 2.45) is 11.8 Å². The number of ether oxygens (including phenoxy) is 1. The first-order valence-electron chi connectivity index (χ1n) is 9.38. The molecule has 2 saturated heterocycles. The average molecular weight is 393 g/mol. The normalized spacial score (nSPS) is 29.4. The molecule has 146 valence electrons. The number of fused-ring (bicyclic) bond motifs is 5. The number of methoxy groups -OCH3 is 1. The number of carbonyl (C=O) groups excluding carboxylic acids is 3. The largest absolute Gasteiger partial charge is 0.465 e. The molecule has 2 aromatic carbocycles. The zero-order valence-electron chi connectivity index (χ0n) is 15.5. The van der Waals surface area contributed by atoms with Gasteiger partial charge in [0.25, 0.3) is 0 Å². The maximum absolute atomic E-state index is 14.4. The first-order chi connectivity index (χ1) is 14.0. The van der Waals surface area contributed by atoms with E-state index in [4.69, 9.17) is 4.74 Å². The molecule has 5 rings (SSSR count). The SMILES string of the molecule is COC(=O)[C@@H]1[C@@H]2C(=O)N(c3ccccc3F)C(=O)[C@@H]2[C@H]2c3ccccc3C=C[NH+]12. The third-order valence-corrected chi connectivity index (χ3v) is 6.17. The Hall–Kier alpha value is -3.32. The lowest BCUT2D eigenvalue weighted by Crippen LogP contribution is -3.12. The van der Waals surface area contributed by atoms with E-state index in [1.807, 2.05) is 36.5 Å². The Bertz CT molecular complexity index is 1080. The third-order valence-electron chi connectivity index (χ3n) is 6.17. The highest BCUT2D eigenvalue weighted by Gasteiger charge is 2.68. The van der Waals surface area contributed by atoms with Gasteiger partial charge in [-0.25, -0.2) is 14.1 Å². The number of esters is 1. The van der Waals surface area contributed by atoms with Crippen molar-refractivity contribution in [1.82, 2.24) is 0 Å². The Morgan fingerprint density at radius 3 is 2.48 bits per heavy atom. The van der Waals surface area contributed by atoms with Gasteiger partial charge in [-0.05, 0) is 23.8 Å². The summed E-state index contributed by atoms with van der Waals surface area (Å²) in [5.74, 6) is -3.94. The van der Waals surface area contributed by atoms with Gasteiger partial charge in [0.05, 0.1) is 19.0 Å². The van der Waals surface area contributed by atoms with E-state index in [-0.39, 0.29) is 5.69 Å². The summed E-state index contributed by atoms with van der Waals surface area (Å²) in [6.45, 7) is 0. The predicted molar refractivity (Wildman–Crippen MR) is 101 cm³/mol. The van der Waals surface area contributed by atoms with Crippen molar-refractivity contribution in [3.63, 3.8) is 0 Å². The lowest BCUT2D eigenvalue weighted by molar-refractivity contribution is -0.885. The molecule has 7 heteroatoms. The zero-order chi connectivity index (χ0) is 20.3. The number of imide groups is 1. The first kappa shape index (κ1) is 17.8. The Morgan fingerprint density at radius 2 is 1.72 bits per heavy atom. The summed E-state index contributed by atoms with van der Waals surface area (Å²) in [5.41, 5.74) is 1.75. The van der Waals surface area contributed by atoms with Crippen LogP contribution < -0.4 is 9.80 Å². The number of para-hydroxylation sites is 1. The molecule has 0 bridgehead atoms. The van der Waals surface area contributed by atoms with Gasteiger partial charge in [0.15, 0.2) is 0 Å². The standard InChI is InChI=1S/C22H17FN2O4/c1-29-22(28)19-17-16(18-13-7-3-2-6-12(13)10-11-24(18)19)20(26)25(21(17)27)15-9-5-4-8-14(15)23/h2-11,16-19H,1H3/p+1/t16-,17+,18+,19-/m0/s1. The van der Waals surface area contributed by atoms with Gasteiger partial charge < -0.3 is 4.74 Å². The highest BCUT2D eigenvalue weighted by molar-refractivity contribution is 6.23. The number of benzene rings is 2. The van der Waals surface area contributed by atoms with Crippen molar-refractivity contribution in [3.8, 4) is 0 Å². The van der Waals surface area contributed by atoms with E-state index in [0.717, 1.165) is 16.0 Å². The van der Waals surface area contributed by atoms with Crippen molar-refractivity contribution in [2.75, 3.05) is 12.0 Å². The fourth-order valence-electron chi connectivity index (χ4n) is 5.01. The number of halogens is 1. The van der Waals surface area contributed by atoms with Gasteiger partial charge in [0.2, 0.25) is 17.9 Å². The van der Waals surface area contributed by atoms with E-state index in [1.165, 1.54) is 25.3 Å². The predicted octanol–water partition coefficient (Wildman–Crippen LogP) is 1.10. The molecule has 3 aliphatic heterocycles. The molecule has 0 aliphatic carbocycles. The van der Waals surface area contributed by atoms with Crippen molar-refractivity contribution < 1.29 is 28.4 Å². The van der Waals surface area contributed by atoms with Gasteiger partial charge in [0, 0.05) is 5.56 Å². The van der Waals surface area contributed by atoms with Crippen LogP contribution in [0.3, 0.4) is 0 Å². The van der Waals surface area contributed by atoms with Gasteiger partial charge in [-0.2, -0.15) is 0 Å². The number of nitrogens with one attached hydrogen (secondary N) is 1. The minimum Gasteiger partial charge on any atom is -0.465 e. The Labute approximate surface area is 166 Å². The molecular weight excluding hydrogens is 375 g/mol. The summed E-state index contributed by atoms with van der Waals surface area (Å²) < 4.78 is 19.4. The van der Waals surface area contributed by atoms with Crippen molar-refractivity contribution in [1.29, 1.82) is 0 Å². The lowest BCUT2D eigenvalue weighted by atomic mass is 9.84. The second-order valence-electron chi connectivity index (χ2n) is 7.46. The second-order valence-corrected chi connectivity index (χ2v) is 7.46. The van der Waals surface area contributed by atoms with Crippen LogP contribution in [-0.4, -0.2) is 30.9 Å². The monoisotopic (exact) mass is 393 g/mol. The number of carbonyl (C=O) groups is 3. The third kappa shape index (κ3) is 2.34. The number of amides is 2. The van der Waals surface area contributed by atoms with E-state index in [2.05, 4.69) is 0 Å². The molecule has 0 spiro atoms. The van der Waals surface area contributed by atoms with Crippen LogP contribution in [0.15, 0.2) is 54.7 Å². The fraction of sp³-hybridized carbons (Fsp3) is 0.227. The molecule has 1 N–H and O–H groups in total. The molecule has 1 unspecified atom stereocenters. The van der Waals surface area contributed by atoms with Gasteiger partial charge in [-0.3, -0.25) is 14.5 Å². The van der Waals surface area contributed by atoms with Gasteiger partial charge in [-0.1, -0.05) is 36.4 Å². The van der Waals surface area contributed by atoms with Crippen molar-refractivity contribution in [2.45, 2.75) is 12.1 Å². The fourth-order valence-corrected chi connectivity index (χ4v) is 5.01. The van der Waals surface area contributed by atoms with Gasteiger partial charge in [-0.15, -0.1) is 0 Å². The minimum absolute atomic E-state index is 0.0818. The maximum atomic E-state index is 14.4. The van der Waals surface area contributed by atoms with E-state index in [9.17, 15) is 18.8 Å². The highest BCUT2D eigenvalue weighted by atomic mass is 19.1. The lowest BCUT2D eigenvalue weighted by Gasteiger charge is -2.30. The van der Waals surface area contributed by atoms with Crippen LogP contribution in [0.1, 0.15) is 17.2 Å². The molecule has 3 heterocycles. The molecule has 29 heavy (non-hydrogen) atoms. The average Bonchev–Trinajstić information content (AvgIpc) is 3.21. The molecule has 3 aliphatic rings. The Morgan fingerprint density at radius 1 is 1.03 bits per heavy atom. The molecule has 2 amide bonds. The van der Waals surface area contributed by atoms with Crippen molar-refractivity contribution >= 4 is 29.5 Å². The van der Waals surface area contributed by atoms with Crippen LogP contribution in [0.25, 0.3) is 6.08 Å².